The van der Waals surface area contributed by atoms with E-state index in [2.05, 4.69) is 0 Å². The second kappa shape index (κ2) is 5.24. The number of alkyl halides is 3. The van der Waals surface area contributed by atoms with Crippen LogP contribution in [-0.4, -0.2) is 12.9 Å². The first-order valence-electron chi connectivity index (χ1n) is 5.37. The molecule has 2 aromatic rings. The van der Waals surface area contributed by atoms with E-state index in [9.17, 15) is 22.4 Å². The van der Waals surface area contributed by atoms with Gasteiger partial charge in [0, 0.05) is 5.56 Å². The van der Waals surface area contributed by atoms with Crippen molar-refractivity contribution in [3.8, 4) is 5.75 Å². The van der Waals surface area contributed by atoms with Crippen molar-refractivity contribution in [3.63, 3.8) is 0 Å². The second-order valence-corrected chi connectivity index (χ2v) is 4.76. The lowest BCUT2D eigenvalue weighted by atomic mass is 10.1. The Kier molecular flexibility index (Phi) is 3.80. The maximum atomic E-state index is 13.4. The molecule has 0 aliphatic heterocycles. The first-order chi connectivity index (χ1) is 9.34. The van der Waals surface area contributed by atoms with Crippen molar-refractivity contribution in [2.24, 2.45) is 0 Å². The van der Waals surface area contributed by atoms with Crippen molar-refractivity contribution in [2.45, 2.75) is 6.18 Å². The summed E-state index contributed by atoms with van der Waals surface area (Å²) >= 11 is 1.07. The molecule has 7 heteroatoms. The van der Waals surface area contributed by atoms with Gasteiger partial charge in [-0.2, -0.15) is 13.2 Å². The normalized spacial score (nSPS) is 11.4. The molecule has 0 unspecified atom stereocenters. The highest BCUT2D eigenvalue weighted by Gasteiger charge is 2.34. The van der Waals surface area contributed by atoms with Crippen LogP contribution in [0.1, 0.15) is 20.8 Å². The molecule has 2 nitrogen and oxygen atoms in total. The first-order valence-corrected chi connectivity index (χ1v) is 6.25. The zero-order valence-electron chi connectivity index (χ0n) is 10.1. The fourth-order valence-corrected chi connectivity index (χ4v) is 2.46. The van der Waals surface area contributed by atoms with Crippen LogP contribution in [0, 0.1) is 5.82 Å². The van der Waals surface area contributed by atoms with E-state index in [0.29, 0.717) is 17.9 Å². The number of rotatable bonds is 3. The molecule has 0 bridgehead atoms. The summed E-state index contributed by atoms with van der Waals surface area (Å²) in [6.07, 6.45) is -4.79. The summed E-state index contributed by atoms with van der Waals surface area (Å²) in [6.45, 7) is 0. The van der Waals surface area contributed by atoms with Gasteiger partial charge >= 0.3 is 6.18 Å². The Morgan fingerprint density at radius 2 is 1.95 bits per heavy atom. The van der Waals surface area contributed by atoms with Crippen LogP contribution in [0.3, 0.4) is 0 Å². The molecule has 0 fully saturated rings. The lowest BCUT2D eigenvalue weighted by molar-refractivity contribution is -0.140. The Labute approximate surface area is 115 Å². The zero-order valence-corrected chi connectivity index (χ0v) is 10.9. The standard InChI is InChI=1S/C13H8F4O2S/c1-19-10-4-5-20-12(10)11(18)7-2-3-8(9(14)6-7)13(15,16)17/h2-6H,1H3. The van der Waals surface area contributed by atoms with Crippen molar-refractivity contribution >= 4 is 17.1 Å². The summed E-state index contributed by atoms with van der Waals surface area (Å²) in [6, 6.07) is 3.65. The fraction of sp³-hybridized carbons (Fsp3) is 0.154. The molecule has 0 atom stereocenters. The van der Waals surface area contributed by atoms with Crippen molar-refractivity contribution in [2.75, 3.05) is 7.11 Å². The van der Waals surface area contributed by atoms with Crippen molar-refractivity contribution in [1.29, 1.82) is 0 Å². The number of ether oxygens (including phenoxy) is 1. The predicted octanol–water partition coefficient (Wildman–Crippen LogP) is 4.15. The second-order valence-electron chi connectivity index (χ2n) is 3.84. The Morgan fingerprint density at radius 3 is 2.50 bits per heavy atom. The molecular formula is C13H8F4O2S. The fourth-order valence-electron chi connectivity index (χ4n) is 1.64. The number of methoxy groups -OCH3 is 1. The third-order valence-electron chi connectivity index (χ3n) is 2.59. The van der Waals surface area contributed by atoms with Gasteiger partial charge in [-0.05, 0) is 23.6 Å². The van der Waals surface area contributed by atoms with Gasteiger partial charge in [0.25, 0.3) is 0 Å². The molecule has 0 N–H and O–H groups in total. The van der Waals surface area contributed by atoms with E-state index in [4.69, 9.17) is 4.74 Å². The van der Waals surface area contributed by atoms with Crippen LogP contribution >= 0.6 is 11.3 Å². The van der Waals surface area contributed by atoms with Crippen molar-refractivity contribution < 1.29 is 27.1 Å². The summed E-state index contributed by atoms with van der Waals surface area (Å²) in [5, 5.41) is 1.60. The molecule has 0 amide bonds. The van der Waals surface area contributed by atoms with E-state index < -0.39 is 23.3 Å². The Balaban J connectivity index is 2.40. The molecule has 1 aromatic carbocycles. The van der Waals surface area contributed by atoms with E-state index in [1.54, 1.807) is 11.4 Å². The highest BCUT2D eigenvalue weighted by Crippen LogP contribution is 2.33. The maximum absolute atomic E-state index is 13.4. The maximum Gasteiger partial charge on any atom is 0.419 e. The Bertz CT molecular complexity index is 646. The van der Waals surface area contributed by atoms with Gasteiger partial charge in [-0.1, -0.05) is 6.07 Å². The number of carbonyl (C=O) groups excluding carboxylic acids is 1. The predicted molar refractivity (Wildman–Crippen MR) is 65.7 cm³/mol. The summed E-state index contributed by atoms with van der Waals surface area (Å²) in [5.74, 6) is -1.75. The molecule has 1 heterocycles. The molecule has 0 aliphatic rings. The van der Waals surface area contributed by atoms with Gasteiger partial charge in [-0.15, -0.1) is 11.3 Å². The van der Waals surface area contributed by atoms with Crippen LogP contribution in [0.5, 0.6) is 5.75 Å². The van der Waals surface area contributed by atoms with E-state index in [0.717, 1.165) is 17.4 Å². The largest absolute Gasteiger partial charge is 0.495 e. The van der Waals surface area contributed by atoms with Crippen LogP contribution in [0.25, 0.3) is 0 Å². The molecule has 1 aromatic heterocycles. The molecule has 20 heavy (non-hydrogen) atoms. The molecule has 0 spiro atoms. The monoisotopic (exact) mass is 304 g/mol. The third kappa shape index (κ3) is 2.67. The SMILES string of the molecule is COc1ccsc1C(=O)c1ccc(C(F)(F)F)c(F)c1. The molecule has 0 radical (unpaired) electrons. The Morgan fingerprint density at radius 1 is 1.25 bits per heavy atom. The molecule has 0 saturated carbocycles. The molecule has 0 aliphatic carbocycles. The highest BCUT2D eigenvalue weighted by atomic mass is 32.1. The van der Waals surface area contributed by atoms with Gasteiger partial charge in [0.15, 0.2) is 0 Å². The third-order valence-corrected chi connectivity index (χ3v) is 3.49. The van der Waals surface area contributed by atoms with Gasteiger partial charge in [0.05, 0.1) is 12.7 Å². The average Bonchev–Trinajstić information content (AvgIpc) is 2.84. The van der Waals surface area contributed by atoms with Crippen molar-refractivity contribution in [3.05, 3.63) is 51.5 Å². The summed E-state index contributed by atoms with van der Waals surface area (Å²) < 4.78 is 55.7. The molecule has 2 rings (SSSR count). The van der Waals surface area contributed by atoms with Crippen LogP contribution in [0.4, 0.5) is 17.6 Å². The van der Waals surface area contributed by atoms with Crippen LogP contribution in [-0.2, 0) is 6.18 Å². The first kappa shape index (κ1) is 14.5. The molecular weight excluding hydrogens is 296 g/mol. The lowest BCUT2D eigenvalue weighted by Gasteiger charge is -2.09. The van der Waals surface area contributed by atoms with E-state index in [1.807, 2.05) is 0 Å². The minimum absolute atomic E-state index is 0.156. The minimum Gasteiger partial charge on any atom is -0.495 e. The summed E-state index contributed by atoms with van der Waals surface area (Å²) in [4.78, 5) is 12.3. The summed E-state index contributed by atoms with van der Waals surface area (Å²) in [5.41, 5.74) is -1.55. The average molecular weight is 304 g/mol. The van der Waals surface area contributed by atoms with Crippen molar-refractivity contribution in [1.82, 2.24) is 0 Å². The number of hydrogen-bond donors (Lipinski definition) is 0. The van der Waals surface area contributed by atoms with E-state index in [-0.39, 0.29) is 10.4 Å². The number of benzene rings is 1. The Hall–Kier alpha value is -1.89. The van der Waals surface area contributed by atoms with Gasteiger partial charge in [0.1, 0.15) is 16.4 Å². The topological polar surface area (TPSA) is 26.3 Å². The smallest absolute Gasteiger partial charge is 0.419 e. The van der Waals surface area contributed by atoms with Gasteiger partial charge < -0.3 is 4.74 Å². The number of ketones is 1. The zero-order chi connectivity index (χ0) is 14.9. The van der Waals surface area contributed by atoms with Crippen LogP contribution in [0.2, 0.25) is 0 Å². The van der Waals surface area contributed by atoms with Gasteiger partial charge in [-0.3, -0.25) is 4.79 Å². The lowest BCUT2D eigenvalue weighted by Crippen LogP contribution is -2.10. The van der Waals surface area contributed by atoms with E-state index >= 15 is 0 Å². The number of thiophene rings is 1. The number of carbonyl (C=O) groups is 1. The van der Waals surface area contributed by atoms with Crippen LogP contribution < -0.4 is 4.74 Å². The van der Waals surface area contributed by atoms with E-state index in [1.165, 1.54) is 7.11 Å². The molecule has 0 saturated heterocycles. The number of hydrogen-bond acceptors (Lipinski definition) is 3. The minimum atomic E-state index is -4.79. The molecule has 106 valence electrons. The van der Waals surface area contributed by atoms with Gasteiger partial charge in [-0.25, -0.2) is 4.39 Å². The number of halogens is 4. The van der Waals surface area contributed by atoms with Gasteiger partial charge in [0.2, 0.25) is 5.78 Å². The quantitative estimate of drug-likeness (QED) is 0.629. The summed E-state index contributed by atoms with van der Waals surface area (Å²) in [7, 11) is 1.37. The van der Waals surface area contributed by atoms with Crippen LogP contribution in [0.15, 0.2) is 29.6 Å². The highest BCUT2D eigenvalue weighted by molar-refractivity contribution is 7.12.